The molecule has 1 aromatic heterocycles. The van der Waals surface area contributed by atoms with Gasteiger partial charge in [0, 0.05) is 29.6 Å². The number of hydrogen-bond acceptors (Lipinski definition) is 4. The number of fused-ring (bicyclic) bond motifs is 3. The van der Waals surface area contributed by atoms with Crippen LogP contribution in [0, 0.1) is 12.8 Å². The molecule has 5 nitrogen and oxygen atoms in total. The molecular weight excluding hydrogens is 399 g/mol. The van der Waals surface area contributed by atoms with Crippen LogP contribution in [0.2, 0.25) is 0 Å². The fraction of sp³-hybridized carbons (Fsp3) is 0.545. The first-order valence-electron chi connectivity index (χ1n) is 10.3. The van der Waals surface area contributed by atoms with Gasteiger partial charge in [-0.2, -0.15) is 13.2 Å². The smallest absolute Gasteiger partial charge is 0.393 e. The highest BCUT2D eigenvalue weighted by Crippen LogP contribution is 2.34. The number of rotatable bonds is 3. The van der Waals surface area contributed by atoms with Crippen LogP contribution in [0.1, 0.15) is 42.4 Å². The first-order chi connectivity index (χ1) is 14.3. The number of piperidine rings is 1. The van der Waals surface area contributed by atoms with Crippen molar-refractivity contribution in [2.45, 2.75) is 51.6 Å². The molecule has 8 heteroatoms. The summed E-state index contributed by atoms with van der Waals surface area (Å²) in [6, 6.07) is 3.56. The molecule has 1 aliphatic carbocycles. The van der Waals surface area contributed by atoms with Crippen molar-refractivity contribution in [3.05, 3.63) is 39.2 Å². The molecule has 0 spiro atoms. The molecule has 0 N–H and O–H groups in total. The van der Waals surface area contributed by atoms with Gasteiger partial charge in [-0.15, -0.1) is 0 Å². The molecule has 1 aliphatic heterocycles. The van der Waals surface area contributed by atoms with E-state index in [0.29, 0.717) is 36.3 Å². The fourth-order valence-corrected chi connectivity index (χ4v) is 4.48. The van der Waals surface area contributed by atoms with E-state index in [-0.39, 0.29) is 25.2 Å². The Bertz CT molecular complexity index is 1030. The fourth-order valence-electron chi connectivity index (χ4n) is 4.48. The third-order valence-corrected chi connectivity index (χ3v) is 6.18. The first-order valence-corrected chi connectivity index (χ1v) is 10.3. The van der Waals surface area contributed by atoms with Crippen molar-refractivity contribution >= 4 is 16.9 Å². The van der Waals surface area contributed by atoms with E-state index in [2.05, 4.69) is 0 Å². The lowest BCUT2D eigenvalue weighted by Gasteiger charge is -2.33. The molecule has 4 rings (SSSR count). The van der Waals surface area contributed by atoms with Crippen LogP contribution < -0.4 is 10.4 Å². The van der Waals surface area contributed by atoms with Gasteiger partial charge >= 0.3 is 11.8 Å². The molecule has 1 saturated heterocycles. The maximum Gasteiger partial charge on any atom is 0.393 e. The average Bonchev–Trinajstić information content (AvgIpc) is 2.73. The van der Waals surface area contributed by atoms with Crippen LogP contribution in [0.4, 0.5) is 13.2 Å². The van der Waals surface area contributed by atoms with Crippen molar-refractivity contribution < 1.29 is 27.1 Å². The van der Waals surface area contributed by atoms with E-state index in [1.54, 1.807) is 13.0 Å². The number of likely N-dealkylation sites (tertiary alicyclic amines) is 1. The summed E-state index contributed by atoms with van der Waals surface area (Å²) < 4.78 is 50.1. The van der Waals surface area contributed by atoms with E-state index < -0.39 is 18.0 Å². The minimum atomic E-state index is -4.30. The Morgan fingerprint density at radius 2 is 1.93 bits per heavy atom. The van der Waals surface area contributed by atoms with Crippen LogP contribution in [-0.2, 0) is 17.6 Å². The predicted molar refractivity (Wildman–Crippen MR) is 105 cm³/mol. The van der Waals surface area contributed by atoms with Gasteiger partial charge in [0.1, 0.15) is 11.3 Å². The lowest BCUT2D eigenvalue weighted by atomic mass is 9.90. The summed E-state index contributed by atoms with van der Waals surface area (Å²) in [6.45, 7) is 1.36. The van der Waals surface area contributed by atoms with E-state index >= 15 is 0 Å². The molecule has 1 fully saturated rings. The van der Waals surface area contributed by atoms with Crippen molar-refractivity contribution in [3.63, 3.8) is 0 Å². The van der Waals surface area contributed by atoms with Gasteiger partial charge in [0.15, 0.2) is 6.61 Å². The van der Waals surface area contributed by atoms with Crippen molar-refractivity contribution in [2.75, 3.05) is 19.7 Å². The van der Waals surface area contributed by atoms with Gasteiger partial charge in [-0.1, -0.05) is 0 Å². The maximum absolute atomic E-state index is 13.0. The normalized spacial score (nSPS) is 19.6. The number of halogens is 3. The summed E-state index contributed by atoms with van der Waals surface area (Å²) in [7, 11) is 0. The van der Waals surface area contributed by atoms with Crippen LogP contribution >= 0.6 is 0 Å². The molecular formula is C22H24F3NO4. The highest BCUT2D eigenvalue weighted by atomic mass is 19.4. The number of ether oxygens (including phenoxy) is 1. The van der Waals surface area contributed by atoms with Gasteiger partial charge in [-0.25, -0.2) is 4.79 Å². The van der Waals surface area contributed by atoms with Crippen LogP contribution in [0.5, 0.6) is 5.75 Å². The molecule has 0 saturated carbocycles. The van der Waals surface area contributed by atoms with E-state index in [1.165, 1.54) is 4.90 Å². The SMILES string of the molecule is Cc1c(OCC(=O)N2CCCC(C(F)(F)F)C2)ccc2c3c(c(=O)oc12)CCCC3. The standard InChI is InChI=1S/C22H24F3NO4/c1-13-18(29-12-19(27)26-10-4-5-14(11-26)22(23,24)25)9-8-16-15-6-2-3-7-17(15)21(28)30-20(13)16/h8-9,14H,2-7,10-12H2,1H3. The predicted octanol–water partition coefficient (Wildman–Crippen LogP) is 4.16. The Labute approximate surface area is 171 Å². The Morgan fingerprint density at radius 1 is 1.20 bits per heavy atom. The third kappa shape index (κ3) is 3.91. The summed E-state index contributed by atoms with van der Waals surface area (Å²) in [4.78, 5) is 26.0. The van der Waals surface area contributed by atoms with Crippen molar-refractivity contribution in [1.29, 1.82) is 0 Å². The number of alkyl halides is 3. The number of carbonyl (C=O) groups excluding carboxylic acids is 1. The molecule has 0 bridgehead atoms. The van der Waals surface area contributed by atoms with Crippen LogP contribution in [0.25, 0.3) is 11.0 Å². The molecule has 2 aliphatic rings. The zero-order valence-corrected chi connectivity index (χ0v) is 16.8. The highest BCUT2D eigenvalue weighted by molar-refractivity contribution is 5.86. The van der Waals surface area contributed by atoms with Crippen molar-refractivity contribution in [3.8, 4) is 5.75 Å². The van der Waals surface area contributed by atoms with E-state index in [1.807, 2.05) is 6.07 Å². The molecule has 30 heavy (non-hydrogen) atoms. The highest BCUT2D eigenvalue weighted by Gasteiger charge is 2.42. The van der Waals surface area contributed by atoms with Gasteiger partial charge in [-0.3, -0.25) is 4.79 Å². The zero-order valence-electron chi connectivity index (χ0n) is 16.8. The van der Waals surface area contributed by atoms with Crippen molar-refractivity contribution in [1.82, 2.24) is 4.90 Å². The van der Waals surface area contributed by atoms with Gasteiger partial charge in [0.25, 0.3) is 5.91 Å². The Kier molecular flexibility index (Phi) is 5.51. The largest absolute Gasteiger partial charge is 0.483 e. The van der Waals surface area contributed by atoms with Gasteiger partial charge in [-0.05, 0) is 63.1 Å². The lowest BCUT2D eigenvalue weighted by Crippen LogP contribution is -2.46. The average molecular weight is 423 g/mol. The van der Waals surface area contributed by atoms with E-state index in [0.717, 1.165) is 35.8 Å². The molecule has 2 aromatic rings. The third-order valence-electron chi connectivity index (χ3n) is 6.18. The quantitative estimate of drug-likeness (QED) is 0.696. The number of hydrogen-bond donors (Lipinski definition) is 0. The minimum absolute atomic E-state index is 0.0429. The topological polar surface area (TPSA) is 59.8 Å². The summed E-state index contributed by atoms with van der Waals surface area (Å²) >= 11 is 0. The first kappa shape index (κ1) is 20.8. The summed E-state index contributed by atoms with van der Waals surface area (Å²) in [5.74, 6) is -1.58. The summed E-state index contributed by atoms with van der Waals surface area (Å²) in [5, 5.41) is 0.879. The second-order valence-electron chi connectivity index (χ2n) is 8.13. The number of carbonyl (C=O) groups is 1. The number of amides is 1. The molecule has 162 valence electrons. The van der Waals surface area contributed by atoms with Gasteiger partial charge in [0.05, 0.1) is 5.92 Å². The summed E-state index contributed by atoms with van der Waals surface area (Å²) in [6.07, 6.45) is -0.406. The summed E-state index contributed by atoms with van der Waals surface area (Å²) in [5.41, 5.74) is 2.48. The minimum Gasteiger partial charge on any atom is -0.483 e. The molecule has 0 radical (unpaired) electrons. The Balaban J connectivity index is 1.51. The molecule has 1 aromatic carbocycles. The Hall–Kier alpha value is -2.51. The monoisotopic (exact) mass is 423 g/mol. The van der Waals surface area contributed by atoms with Crippen LogP contribution in [0.15, 0.2) is 21.3 Å². The van der Waals surface area contributed by atoms with Gasteiger partial charge < -0.3 is 14.1 Å². The van der Waals surface area contributed by atoms with Crippen LogP contribution in [-0.4, -0.2) is 36.7 Å². The number of benzene rings is 1. The molecule has 1 unspecified atom stereocenters. The zero-order chi connectivity index (χ0) is 21.5. The number of nitrogens with zero attached hydrogens (tertiary/aromatic N) is 1. The van der Waals surface area contributed by atoms with Crippen molar-refractivity contribution in [2.24, 2.45) is 5.92 Å². The second-order valence-corrected chi connectivity index (χ2v) is 8.13. The molecule has 1 amide bonds. The molecule has 2 heterocycles. The molecule has 1 atom stereocenters. The number of aryl methyl sites for hydroxylation is 2. The van der Waals surface area contributed by atoms with Gasteiger partial charge in [0.2, 0.25) is 0 Å². The maximum atomic E-state index is 13.0. The second kappa shape index (κ2) is 7.96. The Morgan fingerprint density at radius 3 is 2.67 bits per heavy atom. The van der Waals surface area contributed by atoms with E-state index in [4.69, 9.17) is 9.15 Å². The van der Waals surface area contributed by atoms with Crippen LogP contribution in [0.3, 0.4) is 0 Å². The lowest BCUT2D eigenvalue weighted by molar-refractivity contribution is -0.188. The van der Waals surface area contributed by atoms with E-state index in [9.17, 15) is 22.8 Å².